The Morgan fingerprint density at radius 2 is 2.20 bits per heavy atom. The van der Waals surface area contributed by atoms with Crippen LogP contribution in [0.25, 0.3) is 0 Å². The molecule has 1 rings (SSSR count). The van der Waals surface area contributed by atoms with Crippen LogP contribution < -0.4 is 10.6 Å². The first-order valence-electron chi connectivity index (χ1n) is 3.91. The van der Waals surface area contributed by atoms with E-state index in [0.717, 1.165) is 6.07 Å². The summed E-state index contributed by atoms with van der Waals surface area (Å²) in [5.41, 5.74) is 0. The predicted molar refractivity (Wildman–Crippen MR) is 52.1 cm³/mol. The zero-order valence-corrected chi connectivity index (χ0v) is 8.21. The van der Waals surface area contributed by atoms with Crippen molar-refractivity contribution in [1.82, 2.24) is 10.3 Å². The van der Waals surface area contributed by atoms with Crippen LogP contribution in [0.3, 0.4) is 0 Å². The third-order valence-electron chi connectivity index (χ3n) is 1.33. The lowest BCUT2D eigenvalue weighted by molar-refractivity contribution is -0.117. The number of nitrogens with one attached hydrogen (secondary N) is 2. The van der Waals surface area contributed by atoms with Crippen molar-refractivity contribution in [1.29, 1.82) is 0 Å². The fraction of sp³-hybridized carbons (Fsp3) is 0.125. The highest BCUT2D eigenvalue weighted by atomic mass is 35.5. The van der Waals surface area contributed by atoms with E-state index in [9.17, 15) is 14.0 Å². The maximum absolute atomic E-state index is 12.6. The summed E-state index contributed by atoms with van der Waals surface area (Å²) in [5, 5.41) is 4.08. The molecule has 1 aromatic rings. The third kappa shape index (κ3) is 3.90. The topological polar surface area (TPSA) is 71.1 Å². The minimum absolute atomic E-state index is 0.00914. The summed E-state index contributed by atoms with van der Waals surface area (Å²) in [4.78, 5) is 25.1. The molecule has 0 aliphatic carbocycles. The molecule has 0 aliphatic heterocycles. The van der Waals surface area contributed by atoms with Gasteiger partial charge in [0.25, 0.3) is 0 Å². The molecule has 0 atom stereocenters. The molecule has 2 N–H and O–H groups in total. The number of urea groups is 1. The number of anilines is 1. The van der Waals surface area contributed by atoms with Crippen LogP contribution in [-0.4, -0.2) is 22.8 Å². The summed E-state index contributed by atoms with van der Waals surface area (Å²) in [7, 11) is 0. The van der Waals surface area contributed by atoms with E-state index in [2.05, 4.69) is 10.3 Å². The molecule has 7 heteroatoms. The first kappa shape index (κ1) is 11.4. The second-order valence-corrected chi connectivity index (χ2v) is 2.75. The van der Waals surface area contributed by atoms with Gasteiger partial charge in [0.15, 0.2) is 0 Å². The summed E-state index contributed by atoms with van der Waals surface area (Å²) in [6.45, 7) is 0. The van der Waals surface area contributed by atoms with Gasteiger partial charge in [0.2, 0.25) is 11.9 Å². The summed E-state index contributed by atoms with van der Waals surface area (Å²) in [5.74, 6) is -1.69. The number of halogens is 2. The molecule has 0 fully saturated rings. The number of carbonyl (C=O) groups excluding carboxylic acids is 2. The molecule has 0 saturated heterocycles. The van der Waals surface area contributed by atoms with Crippen LogP contribution in [-0.2, 0) is 4.79 Å². The van der Waals surface area contributed by atoms with E-state index in [1.807, 2.05) is 5.32 Å². The van der Waals surface area contributed by atoms with Crippen LogP contribution in [0.5, 0.6) is 0 Å². The molecule has 3 amide bonds. The van der Waals surface area contributed by atoms with Crippen molar-refractivity contribution in [2.45, 2.75) is 0 Å². The highest BCUT2D eigenvalue weighted by molar-refractivity contribution is 6.28. The average molecular weight is 232 g/mol. The maximum atomic E-state index is 12.6. The standard InChI is InChI=1S/C8H7ClFN3O2/c9-4-7(14)13-8(15)12-6-3-1-2-5(10)11-6/h1-3H,4H2,(H2,11,12,13,14,15). The highest BCUT2D eigenvalue weighted by Gasteiger charge is 2.07. The summed E-state index contributed by atoms with van der Waals surface area (Å²) < 4.78 is 12.6. The lowest BCUT2D eigenvalue weighted by Crippen LogP contribution is -2.35. The molecule has 0 unspecified atom stereocenters. The smallest absolute Gasteiger partial charge is 0.292 e. The number of amides is 3. The summed E-state index contributed by atoms with van der Waals surface area (Å²) in [6.07, 6.45) is 0. The van der Waals surface area contributed by atoms with E-state index in [4.69, 9.17) is 11.6 Å². The van der Waals surface area contributed by atoms with Crippen LogP contribution >= 0.6 is 11.6 Å². The molecule has 1 heterocycles. The van der Waals surface area contributed by atoms with Gasteiger partial charge in [0, 0.05) is 0 Å². The normalized spacial score (nSPS) is 9.47. The SMILES string of the molecule is O=C(CCl)NC(=O)Nc1cccc(F)n1. The van der Waals surface area contributed by atoms with Crippen molar-refractivity contribution in [3.05, 3.63) is 24.1 Å². The highest BCUT2D eigenvalue weighted by Crippen LogP contribution is 2.02. The van der Waals surface area contributed by atoms with Crippen molar-refractivity contribution in [3.8, 4) is 0 Å². The van der Waals surface area contributed by atoms with Gasteiger partial charge in [-0.25, -0.2) is 9.78 Å². The molecule has 0 aliphatic rings. The van der Waals surface area contributed by atoms with Crippen molar-refractivity contribution in [2.24, 2.45) is 0 Å². The number of hydrogen-bond acceptors (Lipinski definition) is 3. The maximum Gasteiger partial charge on any atom is 0.327 e. The van der Waals surface area contributed by atoms with Crippen molar-refractivity contribution >= 4 is 29.4 Å². The average Bonchev–Trinajstić information content (AvgIpc) is 2.17. The van der Waals surface area contributed by atoms with Crippen molar-refractivity contribution in [2.75, 3.05) is 11.2 Å². The number of imide groups is 1. The van der Waals surface area contributed by atoms with Crippen molar-refractivity contribution in [3.63, 3.8) is 0 Å². The molecule has 5 nitrogen and oxygen atoms in total. The minimum atomic E-state index is -0.807. The zero-order chi connectivity index (χ0) is 11.3. The molecule has 0 radical (unpaired) electrons. The molecule has 0 spiro atoms. The van der Waals surface area contributed by atoms with Crippen LogP contribution in [0.15, 0.2) is 18.2 Å². The molecule has 80 valence electrons. The second-order valence-electron chi connectivity index (χ2n) is 2.48. The largest absolute Gasteiger partial charge is 0.327 e. The summed E-state index contributed by atoms with van der Waals surface area (Å²) >= 11 is 5.16. The molecular formula is C8H7ClFN3O2. The fourth-order valence-corrected chi connectivity index (χ4v) is 0.852. The predicted octanol–water partition coefficient (Wildman–Crippen LogP) is 1.11. The minimum Gasteiger partial charge on any atom is -0.292 e. The van der Waals surface area contributed by atoms with Gasteiger partial charge < -0.3 is 0 Å². The lowest BCUT2D eigenvalue weighted by atomic mass is 10.4. The first-order valence-corrected chi connectivity index (χ1v) is 4.44. The van der Waals surface area contributed by atoms with Gasteiger partial charge in [0.1, 0.15) is 11.7 Å². The fourth-order valence-electron chi connectivity index (χ4n) is 0.785. The van der Waals surface area contributed by atoms with Crippen LogP contribution in [0.2, 0.25) is 0 Å². The number of rotatable bonds is 2. The monoisotopic (exact) mass is 231 g/mol. The van der Waals surface area contributed by atoms with E-state index in [-0.39, 0.29) is 11.7 Å². The Hall–Kier alpha value is -1.69. The quantitative estimate of drug-likeness (QED) is 0.592. The Morgan fingerprint density at radius 3 is 2.80 bits per heavy atom. The van der Waals surface area contributed by atoms with Crippen LogP contribution in [0, 0.1) is 5.95 Å². The lowest BCUT2D eigenvalue weighted by Gasteiger charge is -2.03. The zero-order valence-electron chi connectivity index (χ0n) is 7.46. The van der Waals surface area contributed by atoms with E-state index in [1.165, 1.54) is 12.1 Å². The molecule has 0 saturated carbocycles. The van der Waals surface area contributed by atoms with Gasteiger partial charge >= 0.3 is 6.03 Å². The van der Waals surface area contributed by atoms with Gasteiger partial charge in [-0.1, -0.05) is 6.07 Å². The molecular weight excluding hydrogens is 225 g/mol. The van der Waals surface area contributed by atoms with Gasteiger partial charge in [-0.2, -0.15) is 4.39 Å². The Kier molecular flexibility index (Phi) is 3.99. The van der Waals surface area contributed by atoms with Crippen LogP contribution in [0.1, 0.15) is 0 Å². The van der Waals surface area contributed by atoms with Gasteiger partial charge in [-0.15, -0.1) is 11.6 Å². The van der Waals surface area contributed by atoms with E-state index in [1.54, 1.807) is 0 Å². The molecule has 0 aromatic carbocycles. The number of alkyl halides is 1. The van der Waals surface area contributed by atoms with E-state index < -0.39 is 17.9 Å². The number of pyridine rings is 1. The Bertz CT molecular complexity index is 386. The number of carbonyl (C=O) groups is 2. The Balaban J connectivity index is 2.55. The number of aromatic nitrogens is 1. The van der Waals surface area contributed by atoms with Gasteiger partial charge in [-0.3, -0.25) is 15.4 Å². The van der Waals surface area contributed by atoms with E-state index >= 15 is 0 Å². The molecule has 1 aromatic heterocycles. The van der Waals surface area contributed by atoms with Crippen LogP contribution in [0.4, 0.5) is 15.0 Å². The number of nitrogens with zero attached hydrogens (tertiary/aromatic N) is 1. The third-order valence-corrected chi connectivity index (χ3v) is 1.57. The van der Waals surface area contributed by atoms with Gasteiger partial charge in [-0.05, 0) is 12.1 Å². The van der Waals surface area contributed by atoms with Crippen molar-refractivity contribution < 1.29 is 14.0 Å². The first-order chi connectivity index (χ1) is 7.11. The Morgan fingerprint density at radius 1 is 1.47 bits per heavy atom. The van der Waals surface area contributed by atoms with Gasteiger partial charge in [0.05, 0.1) is 0 Å². The Labute approximate surface area is 89.6 Å². The summed E-state index contributed by atoms with van der Waals surface area (Å²) in [6, 6.07) is 3.08. The molecule has 0 bridgehead atoms. The molecule has 15 heavy (non-hydrogen) atoms. The second kappa shape index (κ2) is 5.26. The number of hydrogen-bond donors (Lipinski definition) is 2. The van der Waals surface area contributed by atoms with E-state index in [0.29, 0.717) is 0 Å².